The van der Waals surface area contributed by atoms with Crippen molar-refractivity contribution in [2.24, 2.45) is 5.92 Å². The van der Waals surface area contributed by atoms with E-state index < -0.39 is 0 Å². The van der Waals surface area contributed by atoms with Crippen LogP contribution in [0.4, 0.5) is 5.69 Å². The number of fused-ring (bicyclic) bond motifs is 4. The molecule has 5 nitrogen and oxygen atoms in total. The van der Waals surface area contributed by atoms with E-state index in [0.717, 1.165) is 25.7 Å². The number of hydrogen-bond donors (Lipinski definition) is 0. The van der Waals surface area contributed by atoms with Crippen LogP contribution in [-0.4, -0.2) is 28.2 Å². The van der Waals surface area contributed by atoms with E-state index in [4.69, 9.17) is 4.74 Å². The number of hydrogen-bond acceptors (Lipinski definition) is 5. The topological polar surface area (TPSA) is 69.4 Å². The Bertz CT molecular complexity index is 744. The summed E-state index contributed by atoms with van der Waals surface area (Å²) >= 11 is 1.47. The Morgan fingerprint density at radius 3 is 2.75 bits per heavy atom. The fraction of sp³-hybridized carbons (Fsp3) is 0.500. The minimum Gasteiger partial charge on any atom is -0.366 e. The molecule has 0 unspecified atom stereocenters. The first kappa shape index (κ1) is 15.8. The number of ether oxygens (including phenoxy) is 1. The van der Waals surface area contributed by atoms with Crippen LogP contribution >= 0.6 is 11.8 Å². The highest BCUT2D eigenvalue weighted by atomic mass is 32.2. The Hall–Kier alpha value is -1.66. The van der Waals surface area contributed by atoms with Crippen LogP contribution in [-0.2, 0) is 9.53 Å². The first-order valence-corrected chi connectivity index (χ1v) is 9.23. The standard InChI is InChI=1S/C18H19NO4S/c1-10(20)11-6-7-12-14-8-9-15(23-14)17(12)18(11)24-16-5-3-2-4-13(16)19(21)22/h2-5,11,14-15,18H,6-9H2,1H3/t11-,14+,15-,18+/m1/s1. The van der Waals surface area contributed by atoms with E-state index in [1.54, 1.807) is 19.1 Å². The molecule has 0 aromatic heterocycles. The second-order valence-corrected chi connectivity index (χ2v) is 7.87. The highest BCUT2D eigenvalue weighted by molar-refractivity contribution is 8.00. The van der Waals surface area contributed by atoms with E-state index in [-0.39, 0.29) is 39.8 Å². The van der Waals surface area contributed by atoms with Gasteiger partial charge in [0.2, 0.25) is 0 Å². The molecule has 1 saturated heterocycles. The van der Waals surface area contributed by atoms with Crippen LogP contribution < -0.4 is 0 Å². The van der Waals surface area contributed by atoms with E-state index >= 15 is 0 Å². The van der Waals surface area contributed by atoms with Crippen molar-refractivity contribution >= 4 is 23.2 Å². The van der Waals surface area contributed by atoms with E-state index in [9.17, 15) is 14.9 Å². The lowest BCUT2D eigenvalue weighted by Gasteiger charge is -2.34. The molecule has 0 amide bonds. The Morgan fingerprint density at radius 2 is 2.00 bits per heavy atom. The monoisotopic (exact) mass is 345 g/mol. The fourth-order valence-corrected chi connectivity index (χ4v) is 5.89. The van der Waals surface area contributed by atoms with Crippen LogP contribution in [0, 0.1) is 16.0 Å². The fourth-order valence-electron chi connectivity index (χ4n) is 4.27. The molecule has 2 aliphatic heterocycles. The van der Waals surface area contributed by atoms with Gasteiger partial charge in [0, 0.05) is 17.2 Å². The number of benzene rings is 1. The van der Waals surface area contributed by atoms with Gasteiger partial charge in [0.15, 0.2) is 0 Å². The summed E-state index contributed by atoms with van der Waals surface area (Å²) < 4.78 is 6.06. The Morgan fingerprint density at radius 1 is 1.25 bits per heavy atom. The van der Waals surface area contributed by atoms with Gasteiger partial charge in [-0.1, -0.05) is 12.1 Å². The third-order valence-electron chi connectivity index (χ3n) is 5.36. The van der Waals surface area contributed by atoms with Crippen LogP contribution in [0.1, 0.15) is 32.6 Å². The van der Waals surface area contributed by atoms with Crippen molar-refractivity contribution in [2.45, 2.75) is 55.0 Å². The normalized spacial score (nSPS) is 31.2. The maximum atomic E-state index is 12.2. The minimum atomic E-state index is -0.347. The lowest BCUT2D eigenvalue weighted by molar-refractivity contribution is -0.387. The molecule has 4 rings (SSSR count). The summed E-state index contributed by atoms with van der Waals surface area (Å²) in [6.45, 7) is 1.64. The molecular formula is C18H19NO4S. The van der Waals surface area contributed by atoms with Crippen molar-refractivity contribution in [2.75, 3.05) is 0 Å². The first-order valence-electron chi connectivity index (χ1n) is 8.35. The number of carbonyl (C=O) groups excluding carboxylic acids is 1. The molecule has 2 heterocycles. The van der Waals surface area contributed by atoms with Crippen LogP contribution in [0.2, 0.25) is 0 Å². The van der Waals surface area contributed by atoms with Crippen LogP contribution in [0.3, 0.4) is 0 Å². The Balaban J connectivity index is 1.73. The van der Waals surface area contributed by atoms with Gasteiger partial charge in [-0.2, -0.15) is 0 Å². The highest BCUT2D eigenvalue weighted by Gasteiger charge is 2.48. The second-order valence-electron chi connectivity index (χ2n) is 6.69. The molecule has 1 aliphatic carbocycles. The minimum absolute atomic E-state index is 0.0392. The summed E-state index contributed by atoms with van der Waals surface area (Å²) in [5.41, 5.74) is 2.72. The van der Waals surface area contributed by atoms with Gasteiger partial charge in [-0.15, -0.1) is 11.8 Å². The maximum absolute atomic E-state index is 12.2. The molecule has 24 heavy (non-hydrogen) atoms. The lowest BCUT2D eigenvalue weighted by Crippen LogP contribution is -2.34. The highest BCUT2D eigenvalue weighted by Crippen LogP contribution is 2.52. The molecule has 0 saturated carbocycles. The number of ketones is 1. The molecule has 1 fully saturated rings. The molecule has 3 aliphatic rings. The molecular weight excluding hydrogens is 326 g/mol. The summed E-state index contributed by atoms with van der Waals surface area (Å²) in [6, 6.07) is 6.80. The van der Waals surface area contributed by atoms with Crippen LogP contribution in [0.15, 0.2) is 40.3 Å². The third-order valence-corrected chi connectivity index (χ3v) is 6.80. The van der Waals surface area contributed by atoms with E-state index in [1.807, 2.05) is 6.07 Å². The van der Waals surface area contributed by atoms with Crippen molar-refractivity contribution in [3.8, 4) is 0 Å². The summed E-state index contributed by atoms with van der Waals surface area (Å²) in [5.74, 6) is 0.0805. The van der Waals surface area contributed by atoms with Crippen molar-refractivity contribution < 1.29 is 14.5 Å². The number of rotatable bonds is 4. The summed E-state index contributed by atoms with van der Waals surface area (Å²) in [5, 5.41) is 11.3. The Labute approximate surface area is 144 Å². The van der Waals surface area contributed by atoms with E-state index in [2.05, 4.69) is 0 Å². The zero-order valence-electron chi connectivity index (χ0n) is 13.4. The lowest BCUT2D eigenvalue weighted by atomic mass is 9.76. The molecule has 4 atom stereocenters. The average molecular weight is 345 g/mol. The van der Waals surface area contributed by atoms with E-state index in [0.29, 0.717) is 4.90 Å². The maximum Gasteiger partial charge on any atom is 0.282 e. The zero-order valence-corrected chi connectivity index (χ0v) is 14.3. The van der Waals surface area contributed by atoms with Crippen molar-refractivity contribution in [1.29, 1.82) is 0 Å². The molecule has 2 bridgehead atoms. The number of para-hydroxylation sites is 1. The summed E-state index contributed by atoms with van der Waals surface area (Å²) in [6.07, 6.45) is 4.13. The number of nitro groups is 1. The largest absolute Gasteiger partial charge is 0.366 e. The first-order chi connectivity index (χ1) is 11.6. The molecule has 0 radical (unpaired) electrons. The third kappa shape index (κ3) is 2.48. The molecule has 126 valence electrons. The molecule has 0 N–H and O–H groups in total. The predicted octanol–water partition coefficient (Wildman–Crippen LogP) is 3.91. The number of thioether (sulfide) groups is 1. The van der Waals surface area contributed by atoms with Gasteiger partial charge in [0.05, 0.1) is 22.0 Å². The van der Waals surface area contributed by atoms with Crippen molar-refractivity contribution in [1.82, 2.24) is 0 Å². The zero-order chi connectivity index (χ0) is 16.8. The average Bonchev–Trinajstić information content (AvgIpc) is 3.17. The van der Waals surface area contributed by atoms with Gasteiger partial charge >= 0.3 is 0 Å². The van der Waals surface area contributed by atoms with Gasteiger partial charge < -0.3 is 4.74 Å². The molecule has 1 aromatic rings. The van der Waals surface area contributed by atoms with Crippen LogP contribution in [0.5, 0.6) is 0 Å². The molecule has 0 spiro atoms. The van der Waals surface area contributed by atoms with Crippen molar-refractivity contribution in [3.63, 3.8) is 0 Å². The Kier molecular flexibility index (Phi) is 3.96. The summed E-state index contributed by atoms with van der Waals surface area (Å²) in [7, 11) is 0. The van der Waals surface area contributed by atoms with Gasteiger partial charge in [-0.3, -0.25) is 14.9 Å². The quantitative estimate of drug-likeness (QED) is 0.470. The summed E-state index contributed by atoms with van der Waals surface area (Å²) in [4.78, 5) is 23.8. The predicted molar refractivity (Wildman–Crippen MR) is 91.1 cm³/mol. The number of nitro benzene ring substituents is 1. The van der Waals surface area contributed by atoms with Crippen LogP contribution in [0.25, 0.3) is 0 Å². The van der Waals surface area contributed by atoms with Crippen molar-refractivity contribution in [3.05, 3.63) is 45.5 Å². The second kappa shape index (κ2) is 6.01. The molecule has 6 heteroatoms. The SMILES string of the molecule is CC(=O)[C@H]1CCC2=C([C@H]1Sc1ccccc1[N+](=O)[O-])[C@H]1CC[C@@H]2O1. The number of nitrogens with zero attached hydrogens (tertiary/aromatic N) is 1. The van der Waals surface area contributed by atoms with Gasteiger partial charge in [0.1, 0.15) is 5.78 Å². The molecule has 1 aromatic carbocycles. The van der Waals surface area contributed by atoms with E-state index in [1.165, 1.54) is 29.0 Å². The smallest absolute Gasteiger partial charge is 0.282 e. The van der Waals surface area contributed by atoms with Gasteiger partial charge in [0.25, 0.3) is 5.69 Å². The van der Waals surface area contributed by atoms with Gasteiger partial charge in [-0.05, 0) is 49.8 Å². The number of carbonyl (C=O) groups is 1. The van der Waals surface area contributed by atoms with Gasteiger partial charge in [-0.25, -0.2) is 0 Å². The number of Topliss-reactive ketones (excluding diaryl/α,β-unsaturated/α-hetero) is 1.